The fourth-order valence-electron chi connectivity index (χ4n) is 2.73. The average Bonchev–Trinajstić information content (AvgIpc) is 2.73. The van der Waals surface area contributed by atoms with E-state index in [-0.39, 0.29) is 30.0 Å². The largest absolute Gasteiger partial charge is 0.456 e. The van der Waals surface area contributed by atoms with E-state index in [1.165, 1.54) is 0 Å². The SMILES string of the molecule is Cc1c(Br)ccc(NC(=O)COC(=O)CCCC(=O)Nc2cc(C(F)(F)F)ccc2Cl)c1C. The molecular formula is C22H21BrClF3N2O4. The quantitative estimate of drug-likeness (QED) is 0.394. The zero-order valence-corrected chi connectivity index (χ0v) is 20.1. The minimum Gasteiger partial charge on any atom is -0.456 e. The smallest absolute Gasteiger partial charge is 0.416 e. The van der Waals surface area contributed by atoms with E-state index >= 15 is 0 Å². The molecular weight excluding hydrogens is 529 g/mol. The first kappa shape index (κ1) is 26.7. The number of benzene rings is 2. The molecule has 0 unspecified atom stereocenters. The summed E-state index contributed by atoms with van der Waals surface area (Å²) < 4.78 is 44.2. The minimum atomic E-state index is -4.57. The number of hydrogen-bond acceptors (Lipinski definition) is 4. The van der Waals surface area contributed by atoms with Gasteiger partial charge in [0.2, 0.25) is 5.91 Å². The van der Waals surface area contributed by atoms with E-state index < -0.39 is 36.1 Å². The van der Waals surface area contributed by atoms with Gasteiger partial charge >= 0.3 is 12.1 Å². The molecule has 0 heterocycles. The van der Waals surface area contributed by atoms with Gasteiger partial charge in [-0.3, -0.25) is 14.4 Å². The molecule has 2 aromatic carbocycles. The second-order valence-corrected chi connectivity index (χ2v) is 8.41. The maximum Gasteiger partial charge on any atom is 0.416 e. The van der Waals surface area contributed by atoms with Gasteiger partial charge in [-0.25, -0.2) is 0 Å². The van der Waals surface area contributed by atoms with Crippen molar-refractivity contribution in [2.24, 2.45) is 0 Å². The first-order valence-electron chi connectivity index (χ1n) is 9.76. The Morgan fingerprint density at radius 1 is 0.970 bits per heavy atom. The number of esters is 1. The van der Waals surface area contributed by atoms with Crippen molar-refractivity contribution < 1.29 is 32.3 Å². The highest BCUT2D eigenvalue weighted by atomic mass is 79.9. The number of alkyl halides is 3. The third kappa shape index (κ3) is 8.04. The Balaban J connectivity index is 1.75. The zero-order valence-electron chi connectivity index (χ0n) is 17.7. The summed E-state index contributed by atoms with van der Waals surface area (Å²) in [4.78, 5) is 35.8. The van der Waals surface area contributed by atoms with Crippen LogP contribution in [0.25, 0.3) is 0 Å². The molecule has 0 aromatic heterocycles. The number of ether oxygens (including phenoxy) is 1. The van der Waals surface area contributed by atoms with Gasteiger partial charge in [0.25, 0.3) is 5.91 Å². The van der Waals surface area contributed by atoms with E-state index in [1.54, 1.807) is 12.1 Å². The van der Waals surface area contributed by atoms with Crippen LogP contribution in [0, 0.1) is 13.8 Å². The first-order valence-corrected chi connectivity index (χ1v) is 10.9. The van der Waals surface area contributed by atoms with Gasteiger partial charge in [-0.2, -0.15) is 13.2 Å². The van der Waals surface area contributed by atoms with E-state index in [1.807, 2.05) is 13.8 Å². The molecule has 0 fully saturated rings. The normalized spacial score (nSPS) is 11.1. The molecule has 0 saturated carbocycles. The van der Waals surface area contributed by atoms with Crippen molar-refractivity contribution in [1.82, 2.24) is 0 Å². The molecule has 178 valence electrons. The lowest BCUT2D eigenvalue weighted by Crippen LogP contribution is -2.21. The number of halogens is 5. The number of hydrogen-bond donors (Lipinski definition) is 2. The highest BCUT2D eigenvalue weighted by molar-refractivity contribution is 9.10. The van der Waals surface area contributed by atoms with Crippen LogP contribution < -0.4 is 10.6 Å². The van der Waals surface area contributed by atoms with Gasteiger partial charge in [0.05, 0.1) is 16.3 Å². The summed E-state index contributed by atoms with van der Waals surface area (Å²) in [5, 5.41) is 4.92. The summed E-state index contributed by atoms with van der Waals surface area (Å²) in [7, 11) is 0. The summed E-state index contributed by atoms with van der Waals surface area (Å²) in [6, 6.07) is 6.10. The molecule has 0 aliphatic carbocycles. The lowest BCUT2D eigenvalue weighted by Gasteiger charge is -2.12. The van der Waals surface area contributed by atoms with Crippen molar-refractivity contribution in [3.05, 3.63) is 56.5 Å². The van der Waals surface area contributed by atoms with Crippen LogP contribution in [-0.4, -0.2) is 24.4 Å². The highest BCUT2D eigenvalue weighted by Crippen LogP contribution is 2.34. The van der Waals surface area contributed by atoms with E-state index in [9.17, 15) is 27.6 Å². The summed E-state index contributed by atoms with van der Waals surface area (Å²) in [6.07, 6.45) is -4.79. The minimum absolute atomic E-state index is 0.0435. The van der Waals surface area contributed by atoms with Crippen LogP contribution in [0.2, 0.25) is 5.02 Å². The topological polar surface area (TPSA) is 84.5 Å². The summed E-state index contributed by atoms with van der Waals surface area (Å²) in [6.45, 7) is 3.25. The number of carbonyl (C=O) groups is 3. The Bertz CT molecular complexity index is 1060. The third-order valence-corrected chi connectivity index (χ3v) is 5.90. The maximum atomic E-state index is 12.8. The summed E-state index contributed by atoms with van der Waals surface area (Å²) in [5.74, 6) is -1.80. The number of rotatable bonds is 8. The van der Waals surface area contributed by atoms with Gasteiger partial charge in [0.15, 0.2) is 6.61 Å². The van der Waals surface area contributed by atoms with Gasteiger partial charge in [-0.15, -0.1) is 0 Å². The molecule has 2 rings (SSSR count). The van der Waals surface area contributed by atoms with Gasteiger partial charge < -0.3 is 15.4 Å². The van der Waals surface area contributed by atoms with Crippen LogP contribution in [0.3, 0.4) is 0 Å². The fourth-order valence-corrected chi connectivity index (χ4v) is 3.33. The molecule has 2 amide bonds. The molecule has 33 heavy (non-hydrogen) atoms. The predicted molar refractivity (Wildman–Crippen MR) is 122 cm³/mol. The molecule has 0 saturated heterocycles. The Labute approximate surface area is 202 Å². The molecule has 0 spiro atoms. The zero-order chi connectivity index (χ0) is 24.8. The van der Waals surface area contributed by atoms with Crippen molar-refractivity contribution in [3.8, 4) is 0 Å². The Morgan fingerprint density at radius 3 is 2.30 bits per heavy atom. The standard InChI is InChI=1S/C22H21BrClF3N2O4/c1-12-13(2)17(9-7-15(12)23)28-20(31)11-33-21(32)5-3-4-19(30)29-18-10-14(22(25,26)27)6-8-16(18)24/h6-10H,3-5,11H2,1-2H3,(H,28,31)(H,29,30). The number of nitrogens with one attached hydrogen (secondary N) is 2. The Kier molecular flexibility index (Phi) is 9.30. The molecule has 11 heteroatoms. The van der Waals surface area contributed by atoms with E-state index in [4.69, 9.17) is 16.3 Å². The van der Waals surface area contributed by atoms with Crippen molar-refractivity contribution in [2.45, 2.75) is 39.3 Å². The van der Waals surface area contributed by atoms with Crippen molar-refractivity contribution in [3.63, 3.8) is 0 Å². The van der Waals surface area contributed by atoms with Crippen LogP contribution in [-0.2, 0) is 25.3 Å². The van der Waals surface area contributed by atoms with Crippen molar-refractivity contribution in [1.29, 1.82) is 0 Å². The number of anilines is 2. The summed E-state index contributed by atoms with van der Waals surface area (Å²) >= 11 is 9.23. The molecule has 0 aliphatic rings. The monoisotopic (exact) mass is 548 g/mol. The molecule has 0 radical (unpaired) electrons. The van der Waals surface area contributed by atoms with Crippen LogP contribution in [0.1, 0.15) is 36.0 Å². The number of carbonyl (C=O) groups excluding carboxylic acids is 3. The molecule has 6 nitrogen and oxygen atoms in total. The predicted octanol–water partition coefficient (Wildman–Crippen LogP) is 6.03. The molecule has 0 atom stereocenters. The van der Waals surface area contributed by atoms with Crippen molar-refractivity contribution in [2.75, 3.05) is 17.2 Å². The number of amides is 2. The van der Waals surface area contributed by atoms with Crippen LogP contribution in [0.5, 0.6) is 0 Å². The lowest BCUT2D eigenvalue weighted by molar-refractivity contribution is -0.147. The molecule has 0 bridgehead atoms. The highest BCUT2D eigenvalue weighted by Gasteiger charge is 2.31. The second-order valence-electron chi connectivity index (χ2n) is 7.15. The lowest BCUT2D eigenvalue weighted by atomic mass is 10.1. The Morgan fingerprint density at radius 2 is 1.64 bits per heavy atom. The second kappa shape index (κ2) is 11.5. The molecule has 0 aliphatic heterocycles. The van der Waals surface area contributed by atoms with Gasteiger partial charge in [-0.05, 0) is 61.7 Å². The summed E-state index contributed by atoms with van der Waals surface area (Å²) in [5.41, 5.74) is 1.32. The van der Waals surface area contributed by atoms with E-state index in [2.05, 4.69) is 26.6 Å². The van der Waals surface area contributed by atoms with Gasteiger partial charge in [-0.1, -0.05) is 27.5 Å². The van der Waals surface area contributed by atoms with E-state index in [0.717, 1.165) is 33.8 Å². The maximum absolute atomic E-state index is 12.8. The van der Waals surface area contributed by atoms with Crippen LogP contribution in [0.15, 0.2) is 34.8 Å². The average molecular weight is 550 g/mol. The molecule has 2 N–H and O–H groups in total. The van der Waals surface area contributed by atoms with Crippen LogP contribution >= 0.6 is 27.5 Å². The van der Waals surface area contributed by atoms with Gasteiger partial charge in [0.1, 0.15) is 0 Å². The third-order valence-electron chi connectivity index (χ3n) is 4.71. The van der Waals surface area contributed by atoms with Gasteiger partial charge in [0, 0.05) is 23.0 Å². The molecule has 2 aromatic rings. The van der Waals surface area contributed by atoms with E-state index in [0.29, 0.717) is 5.69 Å². The fraction of sp³-hybridized carbons (Fsp3) is 0.318. The Hall–Kier alpha value is -2.59. The first-order chi connectivity index (χ1) is 15.4. The van der Waals surface area contributed by atoms with Crippen molar-refractivity contribution >= 4 is 56.7 Å². The van der Waals surface area contributed by atoms with Crippen LogP contribution in [0.4, 0.5) is 24.5 Å².